The molecule has 1 N–H and O–H groups in total. The van der Waals surface area contributed by atoms with Crippen molar-refractivity contribution in [3.63, 3.8) is 0 Å². The van der Waals surface area contributed by atoms with Crippen molar-refractivity contribution in [3.8, 4) is 22.1 Å². The van der Waals surface area contributed by atoms with Crippen molar-refractivity contribution in [2.75, 3.05) is 7.11 Å². The van der Waals surface area contributed by atoms with Crippen LogP contribution < -0.4 is 4.74 Å². The first-order chi connectivity index (χ1) is 12.6. The van der Waals surface area contributed by atoms with Gasteiger partial charge in [-0.05, 0) is 24.3 Å². The second kappa shape index (κ2) is 6.44. The van der Waals surface area contributed by atoms with Crippen LogP contribution in [0.1, 0.15) is 10.5 Å². The molecule has 0 atom stereocenters. The summed E-state index contributed by atoms with van der Waals surface area (Å²) in [6.07, 6.45) is 0. The zero-order valence-corrected chi connectivity index (χ0v) is 15.1. The monoisotopic (exact) mass is 385 g/mol. The summed E-state index contributed by atoms with van der Waals surface area (Å²) in [5.74, 6) is -0.476. The van der Waals surface area contributed by atoms with Crippen LogP contribution in [-0.2, 0) is 0 Å². The molecular weight excluding hydrogens is 374 g/mol. The molecule has 2 aromatic heterocycles. The van der Waals surface area contributed by atoms with Gasteiger partial charge in [-0.3, -0.25) is 0 Å². The van der Waals surface area contributed by atoms with E-state index in [9.17, 15) is 4.79 Å². The van der Waals surface area contributed by atoms with Gasteiger partial charge in [-0.15, -0.1) is 11.3 Å². The summed E-state index contributed by atoms with van der Waals surface area (Å²) in [5.41, 5.74) is 2.40. The maximum Gasteiger partial charge on any atom is 0.355 e. The van der Waals surface area contributed by atoms with E-state index in [-0.39, 0.29) is 5.69 Å². The number of halogens is 1. The lowest BCUT2D eigenvalue weighted by molar-refractivity contribution is 0.0691. The number of aromatic nitrogens is 3. The van der Waals surface area contributed by atoms with Crippen LogP contribution in [0.4, 0.5) is 0 Å². The molecule has 8 heteroatoms. The highest BCUT2D eigenvalue weighted by atomic mass is 35.5. The molecular formula is C18H12ClN3O3S. The first-order valence-electron chi connectivity index (χ1n) is 7.59. The Morgan fingerprint density at radius 2 is 2.08 bits per heavy atom. The van der Waals surface area contributed by atoms with Crippen molar-refractivity contribution < 1.29 is 14.6 Å². The first kappa shape index (κ1) is 16.6. The Morgan fingerprint density at radius 1 is 1.27 bits per heavy atom. The molecule has 130 valence electrons. The number of para-hydroxylation sites is 1. The highest BCUT2D eigenvalue weighted by Gasteiger charge is 2.17. The largest absolute Gasteiger partial charge is 0.495 e. The summed E-state index contributed by atoms with van der Waals surface area (Å²) in [5, 5.41) is 17.2. The van der Waals surface area contributed by atoms with E-state index in [0.29, 0.717) is 15.9 Å². The van der Waals surface area contributed by atoms with Gasteiger partial charge in [0.1, 0.15) is 11.4 Å². The van der Waals surface area contributed by atoms with Crippen molar-refractivity contribution in [1.82, 2.24) is 14.8 Å². The summed E-state index contributed by atoms with van der Waals surface area (Å²) >= 11 is 7.48. The zero-order valence-electron chi connectivity index (χ0n) is 13.5. The molecule has 2 aromatic carbocycles. The molecule has 0 aliphatic heterocycles. The van der Waals surface area contributed by atoms with E-state index in [1.54, 1.807) is 23.9 Å². The SMILES string of the molecule is COc1ccc(-c2nn(-c3nc(C(=O)O)cs3)c3ccccc23)cc1Cl. The van der Waals surface area contributed by atoms with Crippen LogP contribution >= 0.6 is 22.9 Å². The molecule has 0 spiro atoms. The van der Waals surface area contributed by atoms with Crippen LogP contribution in [0.15, 0.2) is 47.8 Å². The van der Waals surface area contributed by atoms with E-state index < -0.39 is 5.97 Å². The Morgan fingerprint density at radius 3 is 2.77 bits per heavy atom. The molecule has 0 saturated carbocycles. The van der Waals surface area contributed by atoms with Crippen LogP contribution in [0, 0.1) is 0 Å². The number of aromatic carboxylic acids is 1. The highest BCUT2D eigenvalue weighted by molar-refractivity contribution is 7.12. The number of benzene rings is 2. The fraction of sp³-hybridized carbons (Fsp3) is 0.0556. The van der Waals surface area contributed by atoms with Crippen LogP contribution in [0.25, 0.3) is 27.3 Å². The Balaban J connectivity index is 1.91. The molecule has 6 nitrogen and oxygen atoms in total. The number of carboxylic acids is 1. The van der Waals surface area contributed by atoms with Gasteiger partial charge >= 0.3 is 5.97 Å². The number of hydrogen-bond donors (Lipinski definition) is 1. The summed E-state index contributed by atoms with van der Waals surface area (Å²) in [4.78, 5) is 15.3. The number of nitrogens with zero attached hydrogens (tertiary/aromatic N) is 3. The van der Waals surface area contributed by atoms with Gasteiger partial charge in [0, 0.05) is 16.3 Å². The van der Waals surface area contributed by atoms with Gasteiger partial charge in [0.05, 0.1) is 17.6 Å². The Labute approximate surface area is 157 Å². The van der Waals surface area contributed by atoms with E-state index in [2.05, 4.69) is 10.1 Å². The summed E-state index contributed by atoms with van der Waals surface area (Å²) in [7, 11) is 1.56. The lowest BCUT2D eigenvalue weighted by Gasteiger charge is -2.04. The second-order valence-corrected chi connectivity index (χ2v) is 6.69. The molecule has 0 amide bonds. The second-order valence-electron chi connectivity index (χ2n) is 5.45. The topological polar surface area (TPSA) is 77.2 Å². The van der Waals surface area contributed by atoms with Crippen molar-refractivity contribution in [3.05, 3.63) is 58.6 Å². The Kier molecular flexibility index (Phi) is 4.10. The number of thiazole rings is 1. The summed E-state index contributed by atoms with van der Waals surface area (Å²) in [6.45, 7) is 0. The van der Waals surface area contributed by atoms with Crippen molar-refractivity contribution in [1.29, 1.82) is 0 Å². The lowest BCUT2D eigenvalue weighted by atomic mass is 10.1. The minimum atomic E-state index is -1.06. The number of carbonyl (C=O) groups is 1. The lowest BCUT2D eigenvalue weighted by Crippen LogP contribution is -2.00. The van der Waals surface area contributed by atoms with Crippen LogP contribution in [0.5, 0.6) is 5.75 Å². The van der Waals surface area contributed by atoms with E-state index in [4.69, 9.17) is 21.4 Å². The standard InChI is InChI=1S/C18H12ClN3O3S/c1-25-15-7-6-10(8-12(15)19)16-11-4-2-3-5-14(11)22(21-16)18-20-13(9-26-18)17(23)24/h2-9H,1H3,(H,23,24). The van der Waals surface area contributed by atoms with E-state index in [1.807, 2.05) is 30.3 Å². The third-order valence-corrected chi connectivity index (χ3v) is 5.02. The molecule has 0 saturated heterocycles. The van der Waals surface area contributed by atoms with Gasteiger partial charge in [0.2, 0.25) is 5.13 Å². The molecule has 0 radical (unpaired) electrons. The van der Waals surface area contributed by atoms with Crippen LogP contribution in [0.2, 0.25) is 5.02 Å². The fourth-order valence-electron chi connectivity index (χ4n) is 2.70. The van der Waals surface area contributed by atoms with Gasteiger partial charge in [-0.25, -0.2) is 14.5 Å². The van der Waals surface area contributed by atoms with Crippen LogP contribution in [0.3, 0.4) is 0 Å². The first-order valence-corrected chi connectivity index (χ1v) is 8.85. The zero-order chi connectivity index (χ0) is 18.3. The molecule has 0 fully saturated rings. The number of rotatable bonds is 4. The van der Waals surface area contributed by atoms with E-state index in [1.165, 1.54) is 16.7 Å². The quantitative estimate of drug-likeness (QED) is 0.559. The maximum atomic E-state index is 11.1. The highest BCUT2D eigenvalue weighted by Crippen LogP contribution is 2.34. The minimum Gasteiger partial charge on any atom is -0.495 e. The average Bonchev–Trinajstić information content (AvgIpc) is 3.26. The number of carboxylic acid groups (broad SMARTS) is 1. The normalized spacial score (nSPS) is 11.0. The van der Waals surface area contributed by atoms with Gasteiger partial charge < -0.3 is 9.84 Å². The van der Waals surface area contributed by atoms with Gasteiger partial charge in [0.25, 0.3) is 0 Å². The van der Waals surface area contributed by atoms with E-state index >= 15 is 0 Å². The number of ether oxygens (including phenoxy) is 1. The predicted octanol–water partition coefficient (Wildman–Crippen LogP) is 4.51. The fourth-order valence-corrected chi connectivity index (χ4v) is 3.72. The minimum absolute atomic E-state index is 0.00127. The Hall–Kier alpha value is -2.90. The molecule has 0 aliphatic carbocycles. The number of hydrogen-bond acceptors (Lipinski definition) is 5. The Bertz CT molecular complexity index is 1140. The maximum absolute atomic E-state index is 11.1. The molecule has 4 aromatic rings. The molecule has 0 aliphatic rings. The average molecular weight is 386 g/mol. The summed E-state index contributed by atoms with van der Waals surface area (Å²) < 4.78 is 6.85. The molecule has 26 heavy (non-hydrogen) atoms. The summed E-state index contributed by atoms with van der Waals surface area (Å²) in [6, 6.07) is 13.2. The third-order valence-electron chi connectivity index (χ3n) is 3.90. The van der Waals surface area contributed by atoms with Gasteiger partial charge in [-0.2, -0.15) is 5.10 Å². The van der Waals surface area contributed by atoms with Crippen molar-refractivity contribution in [2.24, 2.45) is 0 Å². The molecule has 2 heterocycles. The van der Waals surface area contributed by atoms with E-state index in [0.717, 1.165) is 22.2 Å². The predicted molar refractivity (Wildman–Crippen MR) is 101 cm³/mol. The smallest absolute Gasteiger partial charge is 0.355 e. The molecule has 4 rings (SSSR count). The van der Waals surface area contributed by atoms with Crippen molar-refractivity contribution in [2.45, 2.75) is 0 Å². The van der Waals surface area contributed by atoms with Gasteiger partial charge in [-0.1, -0.05) is 29.8 Å². The number of fused-ring (bicyclic) bond motifs is 1. The van der Waals surface area contributed by atoms with Crippen molar-refractivity contribution >= 4 is 39.8 Å². The number of methoxy groups -OCH3 is 1. The van der Waals surface area contributed by atoms with Gasteiger partial charge in [0.15, 0.2) is 5.69 Å². The third kappa shape index (κ3) is 2.71. The molecule has 0 unspecified atom stereocenters. The van der Waals surface area contributed by atoms with Crippen LogP contribution in [-0.4, -0.2) is 33.0 Å². The molecule has 0 bridgehead atoms.